The van der Waals surface area contributed by atoms with Crippen molar-refractivity contribution in [3.8, 4) is 16.6 Å². The van der Waals surface area contributed by atoms with E-state index < -0.39 is 0 Å². The van der Waals surface area contributed by atoms with Crippen molar-refractivity contribution in [2.75, 3.05) is 31.1 Å². The van der Waals surface area contributed by atoms with Gasteiger partial charge in [0.1, 0.15) is 15.7 Å². The van der Waals surface area contributed by atoms with Crippen LogP contribution in [0.1, 0.15) is 27.3 Å². The van der Waals surface area contributed by atoms with Crippen LogP contribution in [0, 0.1) is 24.1 Å². The summed E-state index contributed by atoms with van der Waals surface area (Å²) in [7, 11) is 0. The minimum Gasteiger partial charge on any atom is -0.370 e. The maximum atomic E-state index is 13.2. The molecule has 0 aliphatic carbocycles. The third-order valence-electron chi connectivity index (χ3n) is 5.23. The summed E-state index contributed by atoms with van der Waals surface area (Å²) in [6.07, 6.45) is 0.869. The number of halogens is 1. The van der Waals surface area contributed by atoms with Crippen LogP contribution in [-0.2, 0) is 0 Å². The van der Waals surface area contributed by atoms with Crippen LogP contribution in [0.25, 0.3) is 10.6 Å². The van der Waals surface area contributed by atoms with E-state index in [-0.39, 0.29) is 11.7 Å². The molecule has 1 amide bonds. The minimum absolute atomic E-state index is 0.0000371. The number of nitriles is 1. The number of aryl methyl sites for hydroxylation is 1. The summed E-state index contributed by atoms with van der Waals surface area (Å²) in [4.78, 5) is 22.5. The zero-order chi connectivity index (χ0) is 21.1. The zero-order valence-corrected chi connectivity index (χ0v) is 17.5. The first-order chi connectivity index (χ1) is 14.5. The van der Waals surface area contributed by atoms with Crippen molar-refractivity contribution in [2.24, 2.45) is 0 Å². The fourth-order valence-corrected chi connectivity index (χ4v) is 4.62. The van der Waals surface area contributed by atoms with Crippen molar-refractivity contribution in [3.63, 3.8) is 0 Å². The summed E-state index contributed by atoms with van der Waals surface area (Å²) < 4.78 is 13.2. The number of carbonyl (C=O) groups excluding carboxylic acids is 1. The lowest BCUT2D eigenvalue weighted by Crippen LogP contribution is -2.35. The number of hydrogen-bond acceptors (Lipinski definition) is 5. The van der Waals surface area contributed by atoms with E-state index >= 15 is 0 Å². The second-order valence-electron chi connectivity index (χ2n) is 7.23. The summed E-state index contributed by atoms with van der Waals surface area (Å²) >= 11 is 1.36. The monoisotopic (exact) mass is 420 g/mol. The molecule has 4 rings (SSSR count). The van der Waals surface area contributed by atoms with Crippen molar-refractivity contribution in [2.45, 2.75) is 13.3 Å². The van der Waals surface area contributed by atoms with Crippen LogP contribution in [0.5, 0.6) is 0 Å². The van der Waals surface area contributed by atoms with Crippen molar-refractivity contribution in [1.29, 1.82) is 5.26 Å². The van der Waals surface area contributed by atoms with Crippen molar-refractivity contribution < 1.29 is 9.18 Å². The van der Waals surface area contributed by atoms with Crippen LogP contribution < -0.4 is 4.90 Å². The molecule has 0 spiro atoms. The Balaban J connectivity index is 1.47. The minimum atomic E-state index is -0.292. The second kappa shape index (κ2) is 8.64. The molecule has 2 aromatic carbocycles. The van der Waals surface area contributed by atoms with E-state index in [1.807, 2.05) is 36.1 Å². The lowest BCUT2D eigenvalue weighted by Gasteiger charge is -2.23. The third-order valence-corrected chi connectivity index (χ3v) is 6.42. The zero-order valence-electron chi connectivity index (χ0n) is 16.6. The molecule has 1 fully saturated rings. The Morgan fingerprint density at radius 1 is 1.07 bits per heavy atom. The molecule has 0 unspecified atom stereocenters. The summed E-state index contributed by atoms with van der Waals surface area (Å²) in [6.45, 7) is 4.76. The molecule has 0 atom stereocenters. The maximum absolute atomic E-state index is 13.2. The summed E-state index contributed by atoms with van der Waals surface area (Å²) in [5.74, 6) is -0.292. The first kappa shape index (κ1) is 20.0. The molecular weight excluding hydrogens is 399 g/mol. The van der Waals surface area contributed by atoms with E-state index in [1.165, 1.54) is 23.5 Å². The molecule has 2 heterocycles. The molecule has 1 saturated heterocycles. The van der Waals surface area contributed by atoms with Crippen LogP contribution in [0.4, 0.5) is 10.1 Å². The second-order valence-corrected chi connectivity index (χ2v) is 8.23. The topological polar surface area (TPSA) is 60.2 Å². The lowest BCUT2D eigenvalue weighted by atomic mass is 10.2. The van der Waals surface area contributed by atoms with Gasteiger partial charge in [-0.25, -0.2) is 9.37 Å². The first-order valence-electron chi connectivity index (χ1n) is 9.83. The van der Waals surface area contributed by atoms with Crippen molar-refractivity contribution in [1.82, 2.24) is 9.88 Å². The van der Waals surface area contributed by atoms with Crippen LogP contribution >= 0.6 is 11.3 Å². The molecule has 152 valence electrons. The fourth-order valence-electron chi connectivity index (χ4n) is 3.58. The van der Waals surface area contributed by atoms with Gasteiger partial charge in [-0.2, -0.15) is 5.26 Å². The Hall–Kier alpha value is -3.24. The number of rotatable bonds is 3. The van der Waals surface area contributed by atoms with Crippen molar-refractivity contribution >= 4 is 22.9 Å². The van der Waals surface area contributed by atoms with Gasteiger partial charge in [-0.1, -0.05) is 0 Å². The molecule has 1 aliphatic rings. The average molecular weight is 421 g/mol. The molecule has 0 N–H and O–H groups in total. The Labute approximate surface area is 179 Å². The van der Waals surface area contributed by atoms with E-state index in [9.17, 15) is 9.18 Å². The summed E-state index contributed by atoms with van der Waals surface area (Å²) in [6, 6.07) is 15.9. The largest absolute Gasteiger partial charge is 0.370 e. The number of thiazole rings is 1. The molecule has 3 aromatic rings. The molecule has 0 radical (unpaired) electrons. The molecule has 30 heavy (non-hydrogen) atoms. The van der Waals surface area contributed by atoms with Gasteiger partial charge in [0.15, 0.2) is 0 Å². The molecule has 0 saturated carbocycles. The highest BCUT2D eigenvalue weighted by Gasteiger charge is 2.24. The van der Waals surface area contributed by atoms with Crippen LogP contribution in [-0.4, -0.2) is 42.0 Å². The van der Waals surface area contributed by atoms with Crippen LogP contribution in [0.3, 0.4) is 0 Å². The van der Waals surface area contributed by atoms with Crippen LogP contribution in [0.15, 0.2) is 48.5 Å². The third kappa shape index (κ3) is 4.19. The highest BCUT2D eigenvalue weighted by atomic mass is 32.1. The quantitative estimate of drug-likeness (QED) is 0.627. The lowest BCUT2D eigenvalue weighted by molar-refractivity contribution is 0.0771. The van der Waals surface area contributed by atoms with E-state index in [0.717, 1.165) is 35.8 Å². The number of nitrogens with zero attached hydrogens (tertiary/aromatic N) is 4. The normalized spacial score (nSPS) is 14.3. The predicted molar refractivity (Wildman–Crippen MR) is 116 cm³/mol. The summed E-state index contributed by atoms with van der Waals surface area (Å²) in [5.41, 5.74) is 3.22. The van der Waals surface area contributed by atoms with Gasteiger partial charge in [0.2, 0.25) is 0 Å². The number of carbonyl (C=O) groups is 1. The number of aromatic nitrogens is 1. The Kier molecular flexibility index (Phi) is 5.77. The van der Waals surface area contributed by atoms with Gasteiger partial charge in [-0.3, -0.25) is 4.79 Å². The maximum Gasteiger partial charge on any atom is 0.265 e. The number of amides is 1. The molecule has 1 aromatic heterocycles. The Bertz CT molecular complexity index is 1090. The average Bonchev–Trinajstić information content (AvgIpc) is 2.99. The smallest absolute Gasteiger partial charge is 0.265 e. The van der Waals surface area contributed by atoms with Gasteiger partial charge in [0.25, 0.3) is 5.91 Å². The SMILES string of the molecule is Cc1nc(-c2ccc(F)cc2)sc1C(=O)N1CCCN(c2ccc(C#N)cc2)CC1. The van der Waals surface area contributed by atoms with E-state index in [4.69, 9.17) is 5.26 Å². The van der Waals surface area contributed by atoms with Gasteiger partial charge in [-0.15, -0.1) is 11.3 Å². The molecule has 1 aliphatic heterocycles. The van der Waals surface area contributed by atoms with Crippen LogP contribution in [0.2, 0.25) is 0 Å². The summed E-state index contributed by atoms with van der Waals surface area (Å²) in [5, 5.41) is 9.70. The predicted octanol–water partition coefficient (Wildman–Crippen LogP) is 4.48. The van der Waals surface area contributed by atoms with Crippen molar-refractivity contribution in [3.05, 3.63) is 70.5 Å². The highest BCUT2D eigenvalue weighted by Crippen LogP contribution is 2.29. The Morgan fingerprint density at radius 2 is 1.80 bits per heavy atom. The van der Waals surface area contributed by atoms with Gasteiger partial charge in [0, 0.05) is 37.4 Å². The number of benzene rings is 2. The highest BCUT2D eigenvalue weighted by molar-refractivity contribution is 7.17. The standard InChI is InChI=1S/C23H21FN4OS/c1-16-21(30-22(26-16)18-5-7-19(24)8-6-18)23(29)28-12-2-11-27(13-14-28)20-9-3-17(15-25)4-10-20/h3-10H,2,11-14H2,1H3. The Morgan fingerprint density at radius 3 is 2.50 bits per heavy atom. The molecule has 5 nitrogen and oxygen atoms in total. The van der Waals surface area contributed by atoms with Gasteiger partial charge >= 0.3 is 0 Å². The first-order valence-corrected chi connectivity index (χ1v) is 10.6. The van der Waals surface area contributed by atoms with E-state index in [0.29, 0.717) is 29.2 Å². The number of anilines is 1. The van der Waals surface area contributed by atoms with Gasteiger partial charge in [0.05, 0.1) is 17.3 Å². The van der Waals surface area contributed by atoms with Gasteiger partial charge < -0.3 is 9.80 Å². The van der Waals surface area contributed by atoms with Gasteiger partial charge in [-0.05, 0) is 61.9 Å². The fraction of sp³-hybridized carbons (Fsp3) is 0.261. The molecule has 0 bridgehead atoms. The van der Waals surface area contributed by atoms with E-state index in [1.54, 1.807) is 12.1 Å². The molecule has 7 heteroatoms. The van der Waals surface area contributed by atoms with E-state index in [2.05, 4.69) is 16.0 Å². The molecular formula is C23H21FN4OS. The number of hydrogen-bond donors (Lipinski definition) is 0.